The van der Waals surface area contributed by atoms with Crippen LogP contribution in [-0.4, -0.2) is 0 Å². The highest BCUT2D eigenvalue weighted by Crippen LogP contribution is 2.46. The molecule has 1 aliphatic rings. The maximum Gasteiger partial charge on any atom is -0.00453 e. The van der Waals surface area contributed by atoms with Gasteiger partial charge in [0.1, 0.15) is 0 Å². The molecule has 2 atom stereocenters. The van der Waals surface area contributed by atoms with E-state index < -0.39 is 0 Å². The summed E-state index contributed by atoms with van der Waals surface area (Å²) in [6.45, 7) is 8.15. The third kappa shape index (κ3) is 0.951. The highest BCUT2D eigenvalue weighted by molar-refractivity contribution is 5.03. The predicted molar refractivity (Wildman–Crippen MR) is 40.2 cm³/mol. The van der Waals surface area contributed by atoms with E-state index in [9.17, 15) is 0 Å². The van der Waals surface area contributed by atoms with Crippen LogP contribution in [0, 0.1) is 11.3 Å². The number of rotatable bonds is 1. The third-order valence-electron chi connectivity index (χ3n) is 2.67. The standard InChI is InChI=1S/C9H14/c1-4-6-9(3)7-5-8(9)2/h6,8H,1,5,7H2,2-3H3. The molecule has 0 saturated heterocycles. The molecule has 1 fully saturated rings. The van der Waals surface area contributed by atoms with Crippen LogP contribution in [0.2, 0.25) is 0 Å². The van der Waals surface area contributed by atoms with Gasteiger partial charge in [-0.1, -0.05) is 20.4 Å². The number of hydrogen-bond acceptors (Lipinski definition) is 0. The first-order chi connectivity index (χ1) is 4.19. The second-order valence-electron chi connectivity index (χ2n) is 3.29. The van der Waals surface area contributed by atoms with E-state index in [1.807, 2.05) is 0 Å². The molecule has 9 heavy (non-hydrogen) atoms. The summed E-state index contributed by atoms with van der Waals surface area (Å²) in [6, 6.07) is 0. The Morgan fingerprint density at radius 2 is 2.44 bits per heavy atom. The third-order valence-corrected chi connectivity index (χ3v) is 2.67. The minimum atomic E-state index is 0.432. The van der Waals surface area contributed by atoms with Crippen molar-refractivity contribution in [1.82, 2.24) is 0 Å². The summed E-state index contributed by atoms with van der Waals surface area (Å²) >= 11 is 0. The fourth-order valence-electron chi connectivity index (χ4n) is 1.34. The second-order valence-corrected chi connectivity index (χ2v) is 3.29. The van der Waals surface area contributed by atoms with Crippen molar-refractivity contribution >= 4 is 0 Å². The lowest BCUT2D eigenvalue weighted by atomic mass is 9.62. The SMILES string of the molecule is C=C=CC1(C)CCC1C. The van der Waals surface area contributed by atoms with Gasteiger partial charge in [-0.15, -0.1) is 5.73 Å². The van der Waals surface area contributed by atoms with Crippen molar-refractivity contribution in [3.8, 4) is 0 Å². The normalized spacial score (nSPS) is 40.9. The Morgan fingerprint density at radius 1 is 1.78 bits per heavy atom. The molecule has 50 valence electrons. The average Bonchev–Trinajstić information content (AvgIpc) is 1.86. The van der Waals surface area contributed by atoms with Crippen LogP contribution in [0.15, 0.2) is 18.4 Å². The monoisotopic (exact) mass is 122 g/mol. The van der Waals surface area contributed by atoms with E-state index in [1.54, 1.807) is 0 Å². The second kappa shape index (κ2) is 2.04. The Labute approximate surface area is 57.3 Å². The Bertz CT molecular complexity index is 151. The summed E-state index contributed by atoms with van der Waals surface area (Å²) in [5.41, 5.74) is 3.30. The van der Waals surface area contributed by atoms with Gasteiger partial charge in [-0.05, 0) is 30.3 Å². The molecule has 1 saturated carbocycles. The quantitative estimate of drug-likeness (QED) is 0.469. The number of hydrogen-bond donors (Lipinski definition) is 0. The van der Waals surface area contributed by atoms with Gasteiger partial charge < -0.3 is 0 Å². The molecule has 0 aliphatic heterocycles. The zero-order valence-electron chi connectivity index (χ0n) is 6.28. The fraction of sp³-hybridized carbons (Fsp3) is 0.667. The Kier molecular flexibility index (Phi) is 1.50. The lowest BCUT2D eigenvalue weighted by molar-refractivity contribution is 0.125. The van der Waals surface area contributed by atoms with E-state index in [0.29, 0.717) is 5.41 Å². The van der Waals surface area contributed by atoms with Gasteiger partial charge in [0.05, 0.1) is 0 Å². The van der Waals surface area contributed by atoms with Gasteiger partial charge in [0.15, 0.2) is 0 Å². The van der Waals surface area contributed by atoms with Crippen molar-refractivity contribution < 1.29 is 0 Å². The molecular weight excluding hydrogens is 108 g/mol. The van der Waals surface area contributed by atoms with E-state index in [1.165, 1.54) is 12.8 Å². The minimum Gasteiger partial charge on any atom is -0.132 e. The van der Waals surface area contributed by atoms with Crippen LogP contribution in [0.25, 0.3) is 0 Å². The topological polar surface area (TPSA) is 0 Å². The van der Waals surface area contributed by atoms with Gasteiger partial charge in [0.2, 0.25) is 0 Å². The van der Waals surface area contributed by atoms with Crippen LogP contribution in [-0.2, 0) is 0 Å². The number of allylic oxidation sites excluding steroid dienone is 1. The molecule has 0 radical (unpaired) electrons. The van der Waals surface area contributed by atoms with Crippen LogP contribution in [0.5, 0.6) is 0 Å². The lowest BCUT2D eigenvalue weighted by Gasteiger charge is -2.42. The van der Waals surface area contributed by atoms with Crippen LogP contribution in [0.3, 0.4) is 0 Å². The van der Waals surface area contributed by atoms with Gasteiger partial charge in [-0.2, -0.15) is 0 Å². The lowest BCUT2D eigenvalue weighted by Crippen LogP contribution is -2.32. The average molecular weight is 122 g/mol. The van der Waals surface area contributed by atoms with Gasteiger partial charge in [-0.3, -0.25) is 0 Å². The molecule has 0 aromatic heterocycles. The van der Waals surface area contributed by atoms with Gasteiger partial charge in [-0.25, -0.2) is 0 Å². The molecule has 1 aliphatic carbocycles. The Hall–Kier alpha value is -0.480. The van der Waals surface area contributed by atoms with Crippen LogP contribution >= 0.6 is 0 Å². The van der Waals surface area contributed by atoms with E-state index in [-0.39, 0.29) is 0 Å². The largest absolute Gasteiger partial charge is 0.132 e. The van der Waals surface area contributed by atoms with Crippen molar-refractivity contribution in [2.45, 2.75) is 26.7 Å². The molecule has 1 rings (SSSR count). The fourth-order valence-corrected chi connectivity index (χ4v) is 1.34. The van der Waals surface area contributed by atoms with E-state index in [0.717, 1.165) is 5.92 Å². The molecule has 0 amide bonds. The summed E-state index contributed by atoms with van der Waals surface area (Å²) in [6.07, 6.45) is 4.80. The van der Waals surface area contributed by atoms with E-state index in [2.05, 4.69) is 32.2 Å². The van der Waals surface area contributed by atoms with Crippen molar-refractivity contribution in [2.75, 3.05) is 0 Å². The van der Waals surface area contributed by atoms with Crippen molar-refractivity contribution in [2.24, 2.45) is 11.3 Å². The van der Waals surface area contributed by atoms with E-state index in [4.69, 9.17) is 0 Å². The first kappa shape index (κ1) is 6.64. The summed E-state index contributed by atoms with van der Waals surface area (Å²) < 4.78 is 0. The zero-order valence-corrected chi connectivity index (χ0v) is 6.28. The molecule has 0 bridgehead atoms. The highest BCUT2D eigenvalue weighted by Gasteiger charge is 2.36. The predicted octanol–water partition coefficient (Wildman–Crippen LogP) is 2.76. The van der Waals surface area contributed by atoms with E-state index >= 15 is 0 Å². The van der Waals surface area contributed by atoms with Gasteiger partial charge >= 0.3 is 0 Å². The zero-order chi connectivity index (χ0) is 6.91. The Morgan fingerprint density at radius 3 is 2.56 bits per heavy atom. The van der Waals surface area contributed by atoms with Crippen LogP contribution in [0.1, 0.15) is 26.7 Å². The summed E-state index contributed by atoms with van der Waals surface area (Å²) in [4.78, 5) is 0. The van der Waals surface area contributed by atoms with Gasteiger partial charge in [0, 0.05) is 0 Å². The summed E-state index contributed by atoms with van der Waals surface area (Å²) in [5, 5.41) is 0. The van der Waals surface area contributed by atoms with Crippen molar-refractivity contribution in [1.29, 1.82) is 0 Å². The maximum atomic E-state index is 3.58. The highest BCUT2D eigenvalue weighted by atomic mass is 14.4. The van der Waals surface area contributed by atoms with Gasteiger partial charge in [0.25, 0.3) is 0 Å². The molecular formula is C9H14. The summed E-state index contributed by atoms with van der Waals surface area (Å²) in [7, 11) is 0. The molecule has 0 heterocycles. The molecule has 0 heteroatoms. The first-order valence-corrected chi connectivity index (χ1v) is 3.56. The molecule has 0 spiro atoms. The van der Waals surface area contributed by atoms with Crippen LogP contribution in [0.4, 0.5) is 0 Å². The molecule has 0 N–H and O–H groups in total. The Balaban J connectivity index is 2.63. The molecule has 0 aromatic rings. The smallest absolute Gasteiger partial charge is 0.00453 e. The molecule has 0 nitrogen and oxygen atoms in total. The maximum absolute atomic E-state index is 3.58. The van der Waals surface area contributed by atoms with Crippen molar-refractivity contribution in [3.63, 3.8) is 0 Å². The van der Waals surface area contributed by atoms with Crippen molar-refractivity contribution in [3.05, 3.63) is 18.4 Å². The molecule has 0 aromatic carbocycles. The minimum absolute atomic E-state index is 0.432. The first-order valence-electron chi connectivity index (χ1n) is 3.56. The molecule has 2 unspecified atom stereocenters. The summed E-state index contributed by atoms with van der Waals surface area (Å²) in [5.74, 6) is 0.840. The van der Waals surface area contributed by atoms with Crippen LogP contribution < -0.4 is 0 Å².